The molecular formula is C13H23NO2. The third-order valence-electron chi connectivity index (χ3n) is 5.05. The Morgan fingerprint density at radius 2 is 2.19 bits per heavy atom. The number of hydrogen-bond donors (Lipinski definition) is 1. The number of ether oxygens (including phenoxy) is 1. The van der Waals surface area contributed by atoms with Crippen molar-refractivity contribution >= 4 is 5.97 Å². The van der Waals surface area contributed by atoms with Crippen LogP contribution in [0.4, 0.5) is 0 Å². The van der Waals surface area contributed by atoms with Crippen molar-refractivity contribution in [1.29, 1.82) is 0 Å². The van der Waals surface area contributed by atoms with Crippen molar-refractivity contribution in [3.63, 3.8) is 0 Å². The Hall–Kier alpha value is -0.570. The van der Waals surface area contributed by atoms with Gasteiger partial charge >= 0.3 is 5.97 Å². The number of fused-ring (bicyclic) bond motifs is 2. The zero-order valence-electron chi connectivity index (χ0n) is 10.5. The maximum atomic E-state index is 11.3. The summed E-state index contributed by atoms with van der Waals surface area (Å²) >= 11 is 0. The second-order valence-corrected chi connectivity index (χ2v) is 6.06. The zero-order chi connectivity index (χ0) is 11.9. The molecule has 0 radical (unpaired) electrons. The monoisotopic (exact) mass is 225 g/mol. The van der Waals surface area contributed by atoms with Crippen molar-refractivity contribution in [1.82, 2.24) is 0 Å². The Morgan fingerprint density at radius 3 is 2.62 bits per heavy atom. The summed E-state index contributed by atoms with van der Waals surface area (Å²) in [6.45, 7) is 4.75. The van der Waals surface area contributed by atoms with E-state index in [1.165, 1.54) is 26.4 Å². The highest BCUT2D eigenvalue weighted by atomic mass is 16.5. The molecule has 0 aromatic carbocycles. The minimum atomic E-state index is -0.426. The smallest absolute Gasteiger partial charge is 0.322 e. The van der Waals surface area contributed by atoms with E-state index < -0.39 is 6.04 Å². The first-order valence-corrected chi connectivity index (χ1v) is 6.30. The Bertz CT molecular complexity index is 288. The van der Waals surface area contributed by atoms with E-state index in [2.05, 4.69) is 13.8 Å². The van der Waals surface area contributed by atoms with Crippen LogP contribution in [0.1, 0.15) is 39.5 Å². The number of rotatable bonds is 3. The third-order valence-corrected chi connectivity index (χ3v) is 5.05. The first-order valence-electron chi connectivity index (χ1n) is 6.30. The van der Waals surface area contributed by atoms with E-state index in [0.717, 1.165) is 18.3 Å². The van der Waals surface area contributed by atoms with Crippen LogP contribution in [-0.2, 0) is 9.53 Å². The Kier molecular flexibility index (Phi) is 2.99. The molecule has 92 valence electrons. The predicted octanol–water partition coefficient (Wildman–Crippen LogP) is 1.95. The van der Waals surface area contributed by atoms with Crippen LogP contribution >= 0.6 is 0 Å². The minimum Gasteiger partial charge on any atom is -0.468 e. The molecule has 2 unspecified atom stereocenters. The van der Waals surface area contributed by atoms with Crippen LogP contribution in [0.2, 0.25) is 0 Å². The van der Waals surface area contributed by atoms with Crippen molar-refractivity contribution < 1.29 is 9.53 Å². The van der Waals surface area contributed by atoms with Crippen LogP contribution in [0.3, 0.4) is 0 Å². The molecular weight excluding hydrogens is 202 g/mol. The number of hydrogen-bond acceptors (Lipinski definition) is 3. The van der Waals surface area contributed by atoms with Crippen molar-refractivity contribution in [2.75, 3.05) is 7.11 Å². The van der Waals surface area contributed by atoms with Gasteiger partial charge in [0.2, 0.25) is 0 Å². The lowest BCUT2D eigenvalue weighted by molar-refractivity contribution is -0.142. The van der Waals surface area contributed by atoms with Gasteiger partial charge in [-0.2, -0.15) is 0 Å². The molecule has 0 spiro atoms. The van der Waals surface area contributed by atoms with Crippen molar-refractivity contribution in [2.45, 2.75) is 45.6 Å². The van der Waals surface area contributed by atoms with Crippen molar-refractivity contribution in [3.05, 3.63) is 0 Å². The molecule has 2 rings (SSSR count). The average molecular weight is 225 g/mol. The quantitative estimate of drug-likeness (QED) is 0.747. The van der Waals surface area contributed by atoms with Gasteiger partial charge < -0.3 is 10.5 Å². The van der Waals surface area contributed by atoms with Gasteiger partial charge in [-0.25, -0.2) is 0 Å². The van der Waals surface area contributed by atoms with E-state index in [1.54, 1.807) is 0 Å². The third kappa shape index (κ3) is 1.75. The second-order valence-electron chi connectivity index (χ2n) is 6.06. The van der Waals surface area contributed by atoms with Crippen LogP contribution in [0.25, 0.3) is 0 Å². The van der Waals surface area contributed by atoms with Crippen LogP contribution in [-0.4, -0.2) is 19.1 Å². The van der Waals surface area contributed by atoms with Crippen LogP contribution in [0, 0.1) is 23.2 Å². The number of esters is 1. The summed E-state index contributed by atoms with van der Waals surface area (Å²) in [5.41, 5.74) is 6.31. The molecule has 4 atom stereocenters. The van der Waals surface area contributed by atoms with E-state index in [-0.39, 0.29) is 5.97 Å². The molecule has 2 aliphatic carbocycles. The average Bonchev–Trinajstić information content (AvgIpc) is 2.65. The number of methoxy groups -OCH3 is 1. The van der Waals surface area contributed by atoms with Gasteiger partial charge in [0.1, 0.15) is 6.04 Å². The van der Waals surface area contributed by atoms with Gasteiger partial charge in [0, 0.05) is 0 Å². The highest BCUT2D eigenvalue weighted by molar-refractivity contribution is 5.75. The summed E-state index contributed by atoms with van der Waals surface area (Å²) in [5.74, 6) is 1.96. The minimum absolute atomic E-state index is 0.263. The van der Waals surface area contributed by atoms with Gasteiger partial charge in [-0.3, -0.25) is 4.79 Å². The summed E-state index contributed by atoms with van der Waals surface area (Å²) in [7, 11) is 1.41. The molecule has 0 aromatic heterocycles. The lowest BCUT2D eigenvalue weighted by Crippen LogP contribution is -2.35. The lowest BCUT2D eigenvalue weighted by atomic mass is 9.78. The van der Waals surface area contributed by atoms with E-state index >= 15 is 0 Å². The SMILES string of the molecule is COC(=O)[C@@H](N)C[C@H]1CC2CCC1C2(C)C. The Morgan fingerprint density at radius 1 is 1.50 bits per heavy atom. The van der Waals surface area contributed by atoms with E-state index in [1.807, 2.05) is 0 Å². The molecule has 2 N–H and O–H groups in total. The normalized spacial score (nSPS) is 37.4. The number of nitrogens with two attached hydrogens (primary N) is 1. The molecule has 0 saturated heterocycles. The Labute approximate surface area is 97.7 Å². The maximum absolute atomic E-state index is 11.3. The van der Waals surface area contributed by atoms with Gasteiger partial charge in [0.05, 0.1) is 7.11 Å². The largest absolute Gasteiger partial charge is 0.468 e. The molecule has 3 nitrogen and oxygen atoms in total. The molecule has 2 bridgehead atoms. The standard InChI is InChI=1S/C13H23NO2/c1-13(2)9-4-5-10(13)8(6-9)7-11(14)12(15)16-3/h8-11H,4-7,14H2,1-3H3/t8-,9?,10?,11+/m1/s1. The van der Waals surface area contributed by atoms with E-state index in [9.17, 15) is 4.79 Å². The fourth-order valence-corrected chi connectivity index (χ4v) is 4.06. The molecule has 0 aliphatic heterocycles. The molecule has 2 saturated carbocycles. The summed E-state index contributed by atoms with van der Waals surface area (Å²) < 4.78 is 4.69. The van der Waals surface area contributed by atoms with Gasteiger partial charge in [-0.15, -0.1) is 0 Å². The first-order chi connectivity index (χ1) is 7.46. The highest BCUT2D eigenvalue weighted by Crippen LogP contribution is 2.61. The van der Waals surface area contributed by atoms with Gasteiger partial charge in [-0.05, 0) is 48.9 Å². The predicted molar refractivity (Wildman–Crippen MR) is 62.7 cm³/mol. The van der Waals surface area contributed by atoms with Gasteiger partial charge in [0.25, 0.3) is 0 Å². The van der Waals surface area contributed by atoms with E-state index in [4.69, 9.17) is 10.5 Å². The molecule has 0 amide bonds. The zero-order valence-corrected chi connectivity index (χ0v) is 10.5. The maximum Gasteiger partial charge on any atom is 0.322 e. The van der Waals surface area contributed by atoms with Crippen LogP contribution in [0.15, 0.2) is 0 Å². The summed E-state index contributed by atoms with van der Waals surface area (Å²) in [6, 6.07) is -0.426. The fourth-order valence-electron chi connectivity index (χ4n) is 4.06. The van der Waals surface area contributed by atoms with Crippen molar-refractivity contribution in [3.8, 4) is 0 Å². The van der Waals surface area contributed by atoms with E-state index in [0.29, 0.717) is 11.3 Å². The molecule has 2 fully saturated rings. The molecule has 0 aromatic rings. The molecule has 2 aliphatic rings. The Balaban J connectivity index is 1.97. The lowest BCUT2D eigenvalue weighted by Gasteiger charge is -2.27. The van der Waals surface area contributed by atoms with Gasteiger partial charge in [-0.1, -0.05) is 13.8 Å². The second kappa shape index (κ2) is 4.02. The van der Waals surface area contributed by atoms with Crippen LogP contribution < -0.4 is 5.73 Å². The number of carbonyl (C=O) groups is 1. The fraction of sp³-hybridized carbons (Fsp3) is 0.923. The summed E-state index contributed by atoms with van der Waals surface area (Å²) in [4.78, 5) is 11.3. The molecule has 0 heterocycles. The first kappa shape index (κ1) is 11.9. The molecule has 16 heavy (non-hydrogen) atoms. The summed E-state index contributed by atoms with van der Waals surface area (Å²) in [5, 5.41) is 0. The number of carbonyl (C=O) groups excluding carboxylic acids is 1. The summed E-state index contributed by atoms with van der Waals surface area (Å²) in [6.07, 6.45) is 4.73. The van der Waals surface area contributed by atoms with Crippen LogP contribution in [0.5, 0.6) is 0 Å². The topological polar surface area (TPSA) is 52.3 Å². The highest BCUT2D eigenvalue weighted by Gasteiger charge is 2.53. The van der Waals surface area contributed by atoms with Gasteiger partial charge in [0.15, 0.2) is 0 Å². The van der Waals surface area contributed by atoms with Crippen molar-refractivity contribution in [2.24, 2.45) is 28.9 Å². The molecule has 3 heteroatoms.